The zero-order valence-corrected chi connectivity index (χ0v) is 18.5. The number of carbonyl (C=O) groups is 1. The molecule has 30 heavy (non-hydrogen) atoms. The van der Waals surface area contributed by atoms with E-state index in [-0.39, 0.29) is 11.9 Å². The van der Waals surface area contributed by atoms with Gasteiger partial charge in [-0.3, -0.25) is 4.79 Å². The van der Waals surface area contributed by atoms with Gasteiger partial charge < -0.3 is 19.7 Å². The maximum atomic E-state index is 12.6. The molecule has 1 amide bonds. The molecule has 3 rings (SSSR count). The molecule has 0 saturated carbocycles. The van der Waals surface area contributed by atoms with Crippen LogP contribution in [0.15, 0.2) is 53.9 Å². The summed E-state index contributed by atoms with van der Waals surface area (Å²) in [4.78, 5) is 19.1. The van der Waals surface area contributed by atoms with Crippen LogP contribution in [0.3, 0.4) is 0 Å². The molecule has 2 aromatic carbocycles. The van der Waals surface area contributed by atoms with Crippen molar-refractivity contribution in [1.29, 1.82) is 0 Å². The van der Waals surface area contributed by atoms with E-state index in [1.165, 1.54) is 0 Å². The largest absolute Gasteiger partial charge is 0.496 e. The molecule has 0 spiro atoms. The smallest absolute Gasteiger partial charge is 0.251 e. The summed E-state index contributed by atoms with van der Waals surface area (Å²) >= 11 is 1.60. The van der Waals surface area contributed by atoms with E-state index in [9.17, 15) is 4.79 Å². The lowest BCUT2D eigenvalue weighted by Gasteiger charge is -2.26. The molecular formula is C23H27N3O3S. The highest BCUT2D eigenvalue weighted by molar-refractivity contribution is 7.09. The number of hydrogen-bond donors (Lipinski definition) is 1. The van der Waals surface area contributed by atoms with Crippen LogP contribution < -0.4 is 14.8 Å². The molecule has 7 heteroatoms. The van der Waals surface area contributed by atoms with E-state index >= 15 is 0 Å². The first kappa shape index (κ1) is 21.8. The van der Waals surface area contributed by atoms with E-state index in [0.717, 1.165) is 22.0 Å². The van der Waals surface area contributed by atoms with E-state index in [2.05, 4.69) is 15.2 Å². The maximum absolute atomic E-state index is 12.6. The third-order valence-corrected chi connectivity index (χ3v) is 5.57. The second kappa shape index (κ2) is 10.2. The molecule has 1 unspecified atom stereocenters. The molecule has 0 aliphatic carbocycles. The molecule has 3 aromatic rings. The number of aryl methyl sites for hydroxylation is 1. The minimum absolute atomic E-state index is 0.00530. The van der Waals surface area contributed by atoms with E-state index in [1.54, 1.807) is 42.7 Å². The van der Waals surface area contributed by atoms with Gasteiger partial charge in [-0.1, -0.05) is 18.2 Å². The number of hydrogen-bond acceptors (Lipinski definition) is 6. The molecule has 6 nitrogen and oxygen atoms in total. The van der Waals surface area contributed by atoms with Crippen molar-refractivity contribution >= 4 is 17.2 Å². The number of aromatic nitrogens is 1. The summed E-state index contributed by atoms with van der Waals surface area (Å²) < 4.78 is 11.2. The quantitative estimate of drug-likeness (QED) is 0.560. The Kier molecular flexibility index (Phi) is 7.43. The van der Waals surface area contributed by atoms with Crippen LogP contribution in [0.25, 0.3) is 0 Å². The molecule has 0 bridgehead atoms. The van der Waals surface area contributed by atoms with Gasteiger partial charge in [0.25, 0.3) is 5.91 Å². The van der Waals surface area contributed by atoms with Crippen molar-refractivity contribution in [1.82, 2.24) is 15.2 Å². The predicted octanol–water partition coefficient (Wildman–Crippen LogP) is 4.07. The van der Waals surface area contributed by atoms with Crippen molar-refractivity contribution < 1.29 is 14.3 Å². The molecule has 1 heterocycles. The summed E-state index contributed by atoms with van der Waals surface area (Å²) in [5.41, 5.74) is 2.53. The molecule has 1 aromatic heterocycles. The van der Waals surface area contributed by atoms with Crippen molar-refractivity contribution in [2.24, 2.45) is 0 Å². The number of thiazole rings is 1. The number of carbonyl (C=O) groups excluding carboxylic acids is 1. The fourth-order valence-corrected chi connectivity index (χ4v) is 3.74. The molecule has 0 aliphatic rings. The Hall–Kier alpha value is -2.90. The summed E-state index contributed by atoms with van der Waals surface area (Å²) in [6.07, 6.45) is 0. The van der Waals surface area contributed by atoms with Gasteiger partial charge >= 0.3 is 0 Å². The van der Waals surface area contributed by atoms with Gasteiger partial charge in [0, 0.05) is 23.1 Å². The van der Waals surface area contributed by atoms with Gasteiger partial charge in [-0.05, 0) is 51.4 Å². The SMILES string of the molecule is COc1ccccc1C(CNC(=O)c1ccc(OCc2csc(C)n2)cc1)N(C)C. The van der Waals surface area contributed by atoms with E-state index in [4.69, 9.17) is 9.47 Å². The number of methoxy groups -OCH3 is 1. The summed E-state index contributed by atoms with van der Waals surface area (Å²) in [5.74, 6) is 1.39. The van der Waals surface area contributed by atoms with Gasteiger partial charge in [-0.15, -0.1) is 11.3 Å². The van der Waals surface area contributed by atoms with E-state index < -0.39 is 0 Å². The first-order valence-electron chi connectivity index (χ1n) is 9.69. The first-order valence-corrected chi connectivity index (χ1v) is 10.6. The molecule has 158 valence electrons. The summed E-state index contributed by atoms with van der Waals surface area (Å²) in [6.45, 7) is 2.85. The zero-order chi connectivity index (χ0) is 21.5. The van der Waals surface area contributed by atoms with Crippen LogP contribution in [0.1, 0.15) is 32.7 Å². The summed E-state index contributed by atoms with van der Waals surface area (Å²) in [6, 6.07) is 15.0. The fraction of sp³-hybridized carbons (Fsp3) is 0.304. The Balaban J connectivity index is 1.59. The van der Waals surface area contributed by atoms with Crippen LogP contribution >= 0.6 is 11.3 Å². The minimum atomic E-state index is -0.126. The first-order chi connectivity index (χ1) is 14.5. The third-order valence-electron chi connectivity index (χ3n) is 4.75. The predicted molar refractivity (Wildman–Crippen MR) is 119 cm³/mol. The standard InChI is InChI=1S/C23H27N3O3S/c1-16-25-18(15-30-16)14-29-19-11-9-17(10-12-19)23(27)24-13-21(26(2)3)20-7-5-6-8-22(20)28-4/h5-12,15,21H,13-14H2,1-4H3,(H,24,27). The second-order valence-corrected chi connectivity index (χ2v) is 8.16. The molecule has 1 atom stereocenters. The van der Waals surface area contributed by atoms with E-state index in [1.807, 2.05) is 50.7 Å². The lowest BCUT2D eigenvalue weighted by molar-refractivity contribution is 0.0941. The molecule has 0 radical (unpaired) electrons. The molecular weight excluding hydrogens is 398 g/mol. The number of amides is 1. The van der Waals surface area contributed by atoms with Crippen molar-refractivity contribution in [2.45, 2.75) is 19.6 Å². The van der Waals surface area contributed by atoms with Crippen molar-refractivity contribution in [3.63, 3.8) is 0 Å². The number of nitrogens with zero attached hydrogens (tertiary/aromatic N) is 2. The number of likely N-dealkylation sites (N-methyl/N-ethyl adjacent to an activating group) is 1. The average Bonchev–Trinajstić information content (AvgIpc) is 3.18. The minimum Gasteiger partial charge on any atom is -0.496 e. The van der Waals surface area contributed by atoms with Crippen molar-refractivity contribution in [3.8, 4) is 11.5 Å². The van der Waals surface area contributed by atoms with Crippen LogP contribution in [-0.2, 0) is 6.61 Å². The van der Waals surface area contributed by atoms with Gasteiger partial charge in [0.1, 0.15) is 18.1 Å². The number of rotatable bonds is 9. The maximum Gasteiger partial charge on any atom is 0.251 e. The molecule has 1 N–H and O–H groups in total. The Morgan fingerprint density at radius 1 is 1.17 bits per heavy atom. The van der Waals surface area contributed by atoms with Crippen LogP contribution in [0.4, 0.5) is 0 Å². The van der Waals surface area contributed by atoms with Crippen molar-refractivity contribution in [3.05, 3.63) is 75.7 Å². The Bertz CT molecular complexity index is 970. The lowest BCUT2D eigenvalue weighted by atomic mass is 10.0. The van der Waals surface area contributed by atoms with Crippen LogP contribution in [-0.4, -0.2) is 43.5 Å². The molecule has 0 saturated heterocycles. The highest BCUT2D eigenvalue weighted by atomic mass is 32.1. The highest BCUT2D eigenvalue weighted by Gasteiger charge is 2.19. The Morgan fingerprint density at radius 2 is 1.90 bits per heavy atom. The Labute approximate surface area is 181 Å². The lowest BCUT2D eigenvalue weighted by Crippen LogP contribution is -2.34. The number of benzene rings is 2. The van der Waals surface area contributed by atoms with Gasteiger partial charge in [0.05, 0.1) is 23.9 Å². The van der Waals surface area contributed by atoms with Crippen molar-refractivity contribution in [2.75, 3.05) is 27.7 Å². The fourth-order valence-electron chi connectivity index (χ4n) is 3.14. The monoisotopic (exact) mass is 425 g/mol. The van der Waals surface area contributed by atoms with Crippen LogP contribution in [0.2, 0.25) is 0 Å². The molecule has 0 fully saturated rings. The Morgan fingerprint density at radius 3 is 2.53 bits per heavy atom. The van der Waals surface area contributed by atoms with Crippen LogP contribution in [0, 0.1) is 6.92 Å². The number of para-hydroxylation sites is 1. The van der Waals surface area contributed by atoms with Gasteiger partial charge in [-0.25, -0.2) is 4.98 Å². The van der Waals surface area contributed by atoms with E-state index in [0.29, 0.717) is 24.5 Å². The van der Waals surface area contributed by atoms with Crippen LogP contribution in [0.5, 0.6) is 11.5 Å². The van der Waals surface area contributed by atoms with Gasteiger partial charge in [0.15, 0.2) is 0 Å². The second-order valence-electron chi connectivity index (χ2n) is 7.10. The topological polar surface area (TPSA) is 63.7 Å². The number of nitrogens with one attached hydrogen (secondary N) is 1. The third kappa shape index (κ3) is 5.58. The number of ether oxygens (including phenoxy) is 2. The average molecular weight is 426 g/mol. The highest BCUT2D eigenvalue weighted by Crippen LogP contribution is 2.27. The zero-order valence-electron chi connectivity index (χ0n) is 17.7. The summed E-state index contributed by atoms with van der Waals surface area (Å²) in [7, 11) is 5.63. The summed E-state index contributed by atoms with van der Waals surface area (Å²) in [5, 5.41) is 6.03. The van der Waals surface area contributed by atoms with Gasteiger partial charge in [-0.2, -0.15) is 0 Å². The normalized spacial score (nSPS) is 11.9. The molecule has 0 aliphatic heterocycles. The van der Waals surface area contributed by atoms with Gasteiger partial charge in [0.2, 0.25) is 0 Å².